The van der Waals surface area contributed by atoms with Gasteiger partial charge in [-0.25, -0.2) is 9.97 Å². The summed E-state index contributed by atoms with van der Waals surface area (Å²) in [6, 6.07) is 0. The lowest BCUT2D eigenvalue weighted by Crippen LogP contribution is -2.35. The second-order valence-electron chi connectivity index (χ2n) is 5.88. The van der Waals surface area contributed by atoms with Crippen LogP contribution in [0.1, 0.15) is 38.6 Å². The van der Waals surface area contributed by atoms with Crippen molar-refractivity contribution in [3.63, 3.8) is 0 Å². The zero-order valence-electron chi connectivity index (χ0n) is 14.4. The average Bonchev–Trinajstić information content (AvgIpc) is 3.28. The first-order chi connectivity index (χ1) is 11.2. The van der Waals surface area contributed by atoms with Gasteiger partial charge in [0.1, 0.15) is 4.88 Å². The standard InChI is InChI=1S/C16H22N4OS2.2ClH/c1-3-15-18-7-13(23-15)16(21)20(8-12-4-5-17-6-12)9-14-11(2)19-10-22-14;;/h7,10,12,17H,3-6,8-9H2,1-2H3;2*1H. The highest BCUT2D eigenvalue weighted by atomic mass is 35.5. The second kappa shape index (κ2) is 10.4. The zero-order valence-corrected chi connectivity index (χ0v) is 17.6. The van der Waals surface area contributed by atoms with E-state index in [4.69, 9.17) is 0 Å². The summed E-state index contributed by atoms with van der Waals surface area (Å²) >= 11 is 3.14. The molecular formula is C16H24Cl2N4OS2. The number of nitrogens with one attached hydrogen (secondary N) is 1. The van der Waals surface area contributed by atoms with Gasteiger partial charge in [0.05, 0.1) is 29.0 Å². The van der Waals surface area contributed by atoms with Gasteiger partial charge in [-0.3, -0.25) is 4.79 Å². The van der Waals surface area contributed by atoms with Gasteiger partial charge >= 0.3 is 0 Å². The Morgan fingerprint density at radius 3 is 2.76 bits per heavy atom. The van der Waals surface area contributed by atoms with Crippen molar-refractivity contribution < 1.29 is 4.79 Å². The molecule has 140 valence electrons. The number of rotatable bonds is 6. The number of hydrogen-bond acceptors (Lipinski definition) is 6. The predicted octanol–water partition coefficient (Wildman–Crippen LogP) is 3.57. The Bertz CT molecular complexity index is 671. The molecule has 25 heavy (non-hydrogen) atoms. The number of thiazole rings is 2. The molecule has 1 aliphatic heterocycles. The van der Waals surface area contributed by atoms with Crippen LogP contribution in [0.3, 0.4) is 0 Å². The average molecular weight is 423 g/mol. The van der Waals surface area contributed by atoms with Crippen LogP contribution in [-0.4, -0.2) is 40.4 Å². The highest BCUT2D eigenvalue weighted by Gasteiger charge is 2.25. The van der Waals surface area contributed by atoms with Gasteiger partial charge in [0.2, 0.25) is 0 Å². The largest absolute Gasteiger partial charge is 0.332 e. The van der Waals surface area contributed by atoms with Gasteiger partial charge in [-0.05, 0) is 38.8 Å². The predicted molar refractivity (Wildman–Crippen MR) is 109 cm³/mol. The van der Waals surface area contributed by atoms with Crippen molar-refractivity contribution in [1.82, 2.24) is 20.2 Å². The zero-order chi connectivity index (χ0) is 16.2. The molecule has 1 aliphatic rings. The molecule has 1 amide bonds. The Hall–Kier alpha value is -0.730. The molecule has 1 fully saturated rings. The summed E-state index contributed by atoms with van der Waals surface area (Å²) in [5.41, 5.74) is 2.88. The van der Waals surface area contributed by atoms with E-state index in [1.165, 1.54) is 16.2 Å². The van der Waals surface area contributed by atoms with Crippen LogP contribution in [0.2, 0.25) is 0 Å². The molecule has 1 saturated heterocycles. The normalized spacial score (nSPS) is 16.2. The monoisotopic (exact) mass is 422 g/mol. The quantitative estimate of drug-likeness (QED) is 0.772. The van der Waals surface area contributed by atoms with Crippen molar-refractivity contribution in [3.8, 4) is 0 Å². The number of carbonyl (C=O) groups is 1. The Morgan fingerprint density at radius 1 is 1.40 bits per heavy atom. The molecule has 5 nitrogen and oxygen atoms in total. The van der Waals surface area contributed by atoms with Crippen molar-refractivity contribution >= 4 is 53.4 Å². The lowest BCUT2D eigenvalue weighted by atomic mass is 10.1. The van der Waals surface area contributed by atoms with Gasteiger partial charge in [0.15, 0.2) is 0 Å². The first-order valence-electron chi connectivity index (χ1n) is 8.01. The molecule has 3 rings (SSSR count). The molecule has 0 saturated carbocycles. The molecule has 0 bridgehead atoms. The van der Waals surface area contributed by atoms with Crippen molar-refractivity contribution in [2.45, 2.75) is 33.2 Å². The molecule has 0 spiro atoms. The van der Waals surface area contributed by atoms with E-state index in [0.717, 1.165) is 48.1 Å². The van der Waals surface area contributed by atoms with E-state index in [9.17, 15) is 4.79 Å². The van der Waals surface area contributed by atoms with Crippen LogP contribution in [0.15, 0.2) is 11.7 Å². The summed E-state index contributed by atoms with van der Waals surface area (Å²) in [5.74, 6) is 0.632. The summed E-state index contributed by atoms with van der Waals surface area (Å²) in [7, 11) is 0. The minimum absolute atomic E-state index is 0. The van der Waals surface area contributed by atoms with Crippen LogP contribution < -0.4 is 5.32 Å². The molecule has 3 heterocycles. The molecule has 1 atom stereocenters. The third-order valence-electron chi connectivity index (χ3n) is 4.17. The number of carbonyl (C=O) groups excluding carboxylic acids is 1. The maximum Gasteiger partial charge on any atom is 0.265 e. The van der Waals surface area contributed by atoms with E-state index in [1.54, 1.807) is 17.5 Å². The third kappa shape index (κ3) is 5.62. The third-order valence-corrected chi connectivity index (χ3v) is 6.22. The van der Waals surface area contributed by atoms with Crippen LogP contribution in [0.25, 0.3) is 0 Å². The minimum atomic E-state index is 0. The van der Waals surface area contributed by atoms with E-state index < -0.39 is 0 Å². The number of hydrogen-bond donors (Lipinski definition) is 1. The first kappa shape index (κ1) is 22.3. The first-order valence-corrected chi connectivity index (χ1v) is 9.70. The molecule has 1 unspecified atom stereocenters. The minimum Gasteiger partial charge on any atom is -0.332 e. The number of aryl methyl sites for hydroxylation is 2. The molecule has 0 aliphatic carbocycles. The van der Waals surface area contributed by atoms with Crippen molar-refractivity contribution in [2.75, 3.05) is 19.6 Å². The number of aromatic nitrogens is 2. The Labute approximate surface area is 169 Å². The maximum absolute atomic E-state index is 13.0. The number of amides is 1. The molecule has 2 aromatic heterocycles. The fraction of sp³-hybridized carbons (Fsp3) is 0.562. The molecule has 9 heteroatoms. The van der Waals surface area contributed by atoms with E-state index >= 15 is 0 Å². The molecule has 1 N–H and O–H groups in total. The van der Waals surface area contributed by atoms with Gasteiger partial charge < -0.3 is 10.2 Å². The number of nitrogens with zero attached hydrogens (tertiary/aromatic N) is 3. The van der Waals surface area contributed by atoms with Crippen LogP contribution >= 0.6 is 47.5 Å². The van der Waals surface area contributed by atoms with E-state index in [-0.39, 0.29) is 30.7 Å². The molecule has 0 aromatic carbocycles. The van der Waals surface area contributed by atoms with E-state index in [2.05, 4.69) is 22.2 Å². The molecule has 2 aromatic rings. The summed E-state index contributed by atoms with van der Waals surface area (Å²) in [5, 5.41) is 4.40. The lowest BCUT2D eigenvalue weighted by Gasteiger charge is -2.24. The van der Waals surface area contributed by atoms with Crippen molar-refractivity contribution in [2.24, 2.45) is 5.92 Å². The second-order valence-corrected chi connectivity index (χ2v) is 7.93. The Balaban J connectivity index is 0.00000156. The van der Waals surface area contributed by atoms with Gasteiger partial charge in [-0.15, -0.1) is 47.5 Å². The summed E-state index contributed by atoms with van der Waals surface area (Å²) in [6.45, 7) is 7.55. The van der Waals surface area contributed by atoms with Crippen molar-refractivity contribution in [1.29, 1.82) is 0 Å². The lowest BCUT2D eigenvalue weighted by molar-refractivity contribution is 0.0725. The SMILES string of the molecule is CCc1ncc(C(=O)N(Cc2scnc2C)CC2CCNC2)s1.Cl.Cl. The smallest absolute Gasteiger partial charge is 0.265 e. The Morgan fingerprint density at radius 2 is 2.20 bits per heavy atom. The molecular weight excluding hydrogens is 399 g/mol. The van der Waals surface area contributed by atoms with Crippen LogP contribution in [0.4, 0.5) is 0 Å². The highest BCUT2D eigenvalue weighted by molar-refractivity contribution is 7.13. The number of halogens is 2. The van der Waals surface area contributed by atoms with E-state index in [1.807, 2.05) is 17.3 Å². The van der Waals surface area contributed by atoms with Gasteiger partial charge in [-0.2, -0.15) is 0 Å². The van der Waals surface area contributed by atoms with Crippen LogP contribution in [0, 0.1) is 12.8 Å². The topological polar surface area (TPSA) is 58.1 Å². The summed E-state index contributed by atoms with van der Waals surface area (Å²) in [6.07, 6.45) is 3.73. The fourth-order valence-electron chi connectivity index (χ4n) is 2.78. The van der Waals surface area contributed by atoms with Gasteiger partial charge in [-0.1, -0.05) is 6.92 Å². The maximum atomic E-state index is 13.0. The van der Waals surface area contributed by atoms with Gasteiger partial charge in [0, 0.05) is 11.4 Å². The summed E-state index contributed by atoms with van der Waals surface area (Å²) in [4.78, 5) is 25.5. The fourth-order valence-corrected chi connectivity index (χ4v) is 4.40. The van der Waals surface area contributed by atoms with Crippen LogP contribution in [-0.2, 0) is 13.0 Å². The summed E-state index contributed by atoms with van der Waals surface area (Å²) < 4.78 is 0. The molecule has 0 radical (unpaired) electrons. The van der Waals surface area contributed by atoms with Crippen molar-refractivity contribution in [3.05, 3.63) is 32.2 Å². The Kier molecular flexibility index (Phi) is 9.30. The highest BCUT2D eigenvalue weighted by Crippen LogP contribution is 2.22. The van der Waals surface area contributed by atoms with Gasteiger partial charge in [0.25, 0.3) is 5.91 Å². The van der Waals surface area contributed by atoms with Crippen LogP contribution in [0.5, 0.6) is 0 Å². The van der Waals surface area contributed by atoms with E-state index in [0.29, 0.717) is 12.5 Å².